The van der Waals surface area contributed by atoms with Gasteiger partial charge in [-0.05, 0) is 31.6 Å². The zero-order valence-electron chi connectivity index (χ0n) is 12.2. The molecule has 6 nitrogen and oxygen atoms in total. The Balaban J connectivity index is 2.03. The van der Waals surface area contributed by atoms with Crippen LogP contribution in [0, 0.1) is 5.92 Å². The summed E-state index contributed by atoms with van der Waals surface area (Å²) in [7, 11) is 0. The molecular weight excluding hydrogens is 294 g/mol. The van der Waals surface area contributed by atoms with Crippen LogP contribution >= 0.6 is 11.6 Å². The normalized spacial score (nSPS) is 25.8. The van der Waals surface area contributed by atoms with Crippen molar-refractivity contribution in [1.82, 2.24) is 9.78 Å². The molecule has 1 aromatic heterocycles. The number of nitrogens with zero attached hydrogens (tertiary/aromatic N) is 2. The topological polar surface area (TPSA) is 87.4 Å². The Bertz CT molecular complexity index is 539. The van der Waals surface area contributed by atoms with Crippen molar-refractivity contribution >= 4 is 17.3 Å². The highest BCUT2D eigenvalue weighted by Gasteiger charge is 2.31. The monoisotopic (exact) mass is 315 g/mol. The number of anilines is 1. The fraction of sp³-hybridized carbons (Fsp3) is 0.714. The molecule has 3 N–H and O–H groups in total. The molecule has 1 fully saturated rings. The molecule has 1 aliphatic carbocycles. The van der Waals surface area contributed by atoms with Crippen LogP contribution in [0.5, 0.6) is 0 Å². The van der Waals surface area contributed by atoms with Gasteiger partial charge >= 0.3 is 0 Å². The van der Waals surface area contributed by atoms with Gasteiger partial charge in [0.05, 0.1) is 30.6 Å². The summed E-state index contributed by atoms with van der Waals surface area (Å²) in [6, 6.07) is 0. The number of aromatic nitrogens is 2. The Morgan fingerprint density at radius 2 is 2.19 bits per heavy atom. The second kappa shape index (κ2) is 6.77. The van der Waals surface area contributed by atoms with Crippen LogP contribution in [0.4, 0.5) is 5.69 Å². The number of nitrogens with one attached hydrogen (secondary N) is 1. The standard InChI is InChI=1S/C14H22ClN3O3/c1-10-2-4-14(21,5-3-10)9-16-11-8-17-18(6-7-19)13(20)12(11)15/h8,10,16,19,21H,2-7,9H2,1H3. The molecule has 0 spiro atoms. The molecule has 0 aromatic carbocycles. The van der Waals surface area contributed by atoms with Crippen molar-refractivity contribution in [3.63, 3.8) is 0 Å². The predicted octanol–water partition coefficient (Wildman–Crippen LogP) is 1.24. The van der Waals surface area contributed by atoms with Crippen molar-refractivity contribution in [2.45, 2.75) is 44.8 Å². The van der Waals surface area contributed by atoms with Crippen molar-refractivity contribution in [2.75, 3.05) is 18.5 Å². The van der Waals surface area contributed by atoms with Crippen LogP contribution in [0.2, 0.25) is 5.02 Å². The molecule has 7 heteroatoms. The van der Waals surface area contributed by atoms with Crippen LogP contribution in [0.3, 0.4) is 0 Å². The molecule has 21 heavy (non-hydrogen) atoms. The van der Waals surface area contributed by atoms with Gasteiger partial charge in [-0.2, -0.15) is 5.10 Å². The van der Waals surface area contributed by atoms with Crippen LogP contribution in [-0.4, -0.2) is 38.7 Å². The largest absolute Gasteiger partial charge is 0.394 e. The van der Waals surface area contributed by atoms with Crippen molar-refractivity contribution < 1.29 is 10.2 Å². The smallest absolute Gasteiger partial charge is 0.287 e. The molecule has 0 saturated heterocycles. The molecule has 0 aliphatic heterocycles. The number of halogens is 1. The fourth-order valence-corrected chi connectivity index (χ4v) is 2.79. The SMILES string of the molecule is CC1CCC(O)(CNc2cnn(CCO)c(=O)c2Cl)CC1. The number of aliphatic hydroxyl groups is 2. The van der Waals surface area contributed by atoms with E-state index in [4.69, 9.17) is 16.7 Å². The third kappa shape index (κ3) is 3.96. The van der Waals surface area contributed by atoms with Gasteiger partial charge < -0.3 is 15.5 Å². The van der Waals surface area contributed by atoms with Crippen molar-refractivity contribution in [3.05, 3.63) is 21.6 Å². The van der Waals surface area contributed by atoms with E-state index in [-0.39, 0.29) is 18.2 Å². The van der Waals surface area contributed by atoms with E-state index >= 15 is 0 Å². The lowest BCUT2D eigenvalue weighted by Crippen LogP contribution is -2.40. The minimum Gasteiger partial charge on any atom is -0.394 e. The third-order valence-corrected chi connectivity index (χ3v) is 4.47. The fourth-order valence-electron chi connectivity index (χ4n) is 2.58. The van der Waals surface area contributed by atoms with E-state index in [1.807, 2.05) is 0 Å². The van der Waals surface area contributed by atoms with Gasteiger partial charge in [0.1, 0.15) is 5.02 Å². The maximum Gasteiger partial charge on any atom is 0.287 e. The van der Waals surface area contributed by atoms with Crippen LogP contribution in [0.25, 0.3) is 0 Å². The van der Waals surface area contributed by atoms with Crippen molar-refractivity contribution in [3.8, 4) is 0 Å². The summed E-state index contributed by atoms with van der Waals surface area (Å²) in [6.45, 7) is 2.48. The molecule has 0 atom stereocenters. The average molecular weight is 316 g/mol. The number of aliphatic hydroxyl groups excluding tert-OH is 1. The van der Waals surface area contributed by atoms with Gasteiger partial charge in [0.25, 0.3) is 5.56 Å². The second-order valence-electron chi connectivity index (χ2n) is 5.88. The molecule has 1 aliphatic rings. The first-order valence-electron chi connectivity index (χ1n) is 7.28. The highest BCUT2D eigenvalue weighted by Crippen LogP contribution is 2.32. The van der Waals surface area contributed by atoms with E-state index in [0.717, 1.165) is 30.4 Å². The summed E-state index contributed by atoms with van der Waals surface area (Å²) >= 11 is 6.02. The summed E-state index contributed by atoms with van der Waals surface area (Å²) in [4.78, 5) is 11.9. The highest BCUT2D eigenvalue weighted by atomic mass is 35.5. The first-order chi connectivity index (χ1) is 9.95. The van der Waals surface area contributed by atoms with E-state index in [2.05, 4.69) is 17.3 Å². The maximum atomic E-state index is 11.9. The number of rotatable bonds is 5. The van der Waals surface area contributed by atoms with E-state index in [9.17, 15) is 9.90 Å². The minimum atomic E-state index is -0.754. The summed E-state index contributed by atoms with van der Waals surface area (Å²) < 4.78 is 1.12. The molecule has 0 amide bonds. The highest BCUT2D eigenvalue weighted by molar-refractivity contribution is 6.32. The van der Waals surface area contributed by atoms with Crippen molar-refractivity contribution in [2.24, 2.45) is 5.92 Å². The average Bonchev–Trinajstić information content (AvgIpc) is 2.47. The summed E-state index contributed by atoms with van der Waals surface area (Å²) in [5, 5.41) is 26.4. The molecule has 1 heterocycles. The minimum absolute atomic E-state index is 0.0335. The molecule has 0 bridgehead atoms. The van der Waals surface area contributed by atoms with Crippen LogP contribution in [0.1, 0.15) is 32.6 Å². The first-order valence-corrected chi connectivity index (χ1v) is 7.66. The van der Waals surface area contributed by atoms with E-state index in [0.29, 0.717) is 18.2 Å². The lowest BCUT2D eigenvalue weighted by Gasteiger charge is -2.35. The Hall–Kier alpha value is -1.11. The van der Waals surface area contributed by atoms with Crippen LogP contribution < -0.4 is 10.9 Å². The molecular formula is C14H22ClN3O3. The van der Waals surface area contributed by atoms with E-state index in [1.54, 1.807) is 0 Å². The van der Waals surface area contributed by atoms with Gasteiger partial charge in [-0.15, -0.1) is 0 Å². The van der Waals surface area contributed by atoms with Gasteiger partial charge in [-0.1, -0.05) is 18.5 Å². The maximum absolute atomic E-state index is 11.9. The second-order valence-corrected chi connectivity index (χ2v) is 6.26. The zero-order valence-corrected chi connectivity index (χ0v) is 12.9. The lowest BCUT2D eigenvalue weighted by atomic mass is 9.79. The lowest BCUT2D eigenvalue weighted by molar-refractivity contribution is 0.00500. The quantitative estimate of drug-likeness (QED) is 0.761. The van der Waals surface area contributed by atoms with Gasteiger partial charge in [-0.3, -0.25) is 4.79 Å². The van der Waals surface area contributed by atoms with Gasteiger partial charge in [0, 0.05) is 6.54 Å². The molecule has 118 valence electrons. The van der Waals surface area contributed by atoms with Crippen LogP contribution in [-0.2, 0) is 6.54 Å². The van der Waals surface area contributed by atoms with E-state index < -0.39 is 11.2 Å². The number of hydrogen-bond acceptors (Lipinski definition) is 5. The van der Waals surface area contributed by atoms with Crippen LogP contribution in [0.15, 0.2) is 11.0 Å². The zero-order chi connectivity index (χ0) is 15.5. The Labute approximate surface area is 128 Å². The third-order valence-electron chi connectivity index (χ3n) is 4.11. The van der Waals surface area contributed by atoms with Gasteiger partial charge in [0.2, 0.25) is 0 Å². The molecule has 0 radical (unpaired) electrons. The number of hydrogen-bond donors (Lipinski definition) is 3. The summed E-state index contributed by atoms with van der Waals surface area (Å²) in [5.74, 6) is 0.651. The molecule has 1 saturated carbocycles. The first kappa shape index (κ1) is 16.3. The molecule has 1 aromatic rings. The van der Waals surface area contributed by atoms with Gasteiger partial charge in [-0.25, -0.2) is 4.68 Å². The molecule has 2 rings (SSSR count). The van der Waals surface area contributed by atoms with Gasteiger partial charge in [0.15, 0.2) is 0 Å². The summed E-state index contributed by atoms with van der Waals surface area (Å²) in [5.41, 5.74) is -0.779. The predicted molar refractivity (Wildman–Crippen MR) is 81.7 cm³/mol. The van der Waals surface area contributed by atoms with Crippen molar-refractivity contribution in [1.29, 1.82) is 0 Å². The summed E-state index contributed by atoms with van der Waals surface area (Å²) in [6.07, 6.45) is 4.94. The Morgan fingerprint density at radius 3 is 2.81 bits per heavy atom. The Morgan fingerprint density at radius 1 is 1.52 bits per heavy atom. The van der Waals surface area contributed by atoms with E-state index in [1.165, 1.54) is 6.20 Å². The Kier molecular flexibility index (Phi) is 5.24. The molecule has 0 unspecified atom stereocenters.